The van der Waals surface area contributed by atoms with E-state index in [9.17, 15) is 0 Å². The van der Waals surface area contributed by atoms with Gasteiger partial charge in [-0.15, -0.1) is 10.2 Å². The van der Waals surface area contributed by atoms with E-state index in [-0.39, 0.29) is 6.61 Å². The molecule has 2 aromatic rings. The van der Waals surface area contributed by atoms with E-state index < -0.39 is 0 Å². The lowest BCUT2D eigenvalue weighted by molar-refractivity contribution is 0.253. The zero-order valence-electron chi connectivity index (χ0n) is 7.96. The summed E-state index contributed by atoms with van der Waals surface area (Å²) in [5, 5.41) is 16.3. The first-order chi connectivity index (χ1) is 7.38. The fourth-order valence-corrected chi connectivity index (χ4v) is 1.05. The Kier molecular flexibility index (Phi) is 2.94. The molecule has 0 saturated heterocycles. The molecule has 15 heavy (non-hydrogen) atoms. The van der Waals surface area contributed by atoms with Crippen molar-refractivity contribution < 1.29 is 14.3 Å². The zero-order chi connectivity index (χ0) is 10.5. The van der Waals surface area contributed by atoms with Crippen LogP contribution in [-0.2, 0) is 13.2 Å². The molecule has 2 aromatic heterocycles. The highest BCUT2D eigenvalue weighted by molar-refractivity contribution is 5.11. The van der Waals surface area contributed by atoms with E-state index in [1.165, 1.54) is 0 Å². The van der Waals surface area contributed by atoms with Crippen molar-refractivity contribution >= 4 is 0 Å². The Labute approximate surface area is 86.3 Å². The van der Waals surface area contributed by atoms with Gasteiger partial charge in [0.25, 0.3) is 0 Å². The van der Waals surface area contributed by atoms with E-state index in [0.29, 0.717) is 18.2 Å². The number of aliphatic hydroxyl groups is 1. The van der Waals surface area contributed by atoms with Crippen LogP contribution < -0.4 is 4.74 Å². The number of hydrogen-bond acceptors (Lipinski definition) is 5. The predicted octanol–water partition coefficient (Wildman–Crippen LogP) is 1.14. The van der Waals surface area contributed by atoms with Crippen molar-refractivity contribution in [2.45, 2.75) is 13.2 Å². The second-order valence-electron chi connectivity index (χ2n) is 2.89. The minimum atomic E-state index is -0.120. The molecule has 0 amide bonds. The molecule has 0 aliphatic rings. The molecule has 0 unspecified atom stereocenters. The van der Waals surface area contributed by atoms with Gasteiger partial charge in [-0.3, -0.25) is 0 Å². The summed E-state index contributed by atoms with van der Waals surface area (Å²) in [5.41, 5.74) is 0.514. The number of rotatable bonds is 4. The largest absolute Gasteiger partial charge is 0.468 e. The van der Waals surface area contributed by atoms with Crippen molar-refractivity contribution in [3.8, 4) is 5.88 Å². The number of aromatic nitrogens is 2. The van der Waals surface area contributed by atoms with Crippen LogP contribution >= 0.6 is 0 Å². The van der Waals surface area contributed by atoms with Crippen molar-refractivity contribution in [2.24, 2.45) is 0 Å². The van der Waals surface area contributed by atoms with Gasteiger partial charge in [-0.05, 0) is 18.2 Å². The van der Waals surface area contributed by atoms with Crippen LogP contribution in [0.5, 0.6) is 5.88 Å². The smallest absolute Gasteiger partial charge is 0.233 e. The molecule has 0 bridgehead atoms. The molecule has 0 atom stereocenters. The normalized spacial score (nSPS) is 10.2. The summed E-state index contributed by atoms with van der Waals surface area (Å²) in [6, 6.07) is 6.92. The lowest BCUT2D eigenvalue weighted by atomic mass is 10.4. The summed E-state index contributed by atoms with van der Waals surface area (Å²) in [5.74, 6) is 1.13. The Bertz CT molecular complexity index is 397. The Morgan fingerprint density at radius 3 is 2.80 bits per heavy atom. The fraction of sp³-hybridized carbons (Fsp3) is 0.200. The van der Waals surface area contributed by atoms with E-state index in [0.717, 1.165) is 5.76 Å². The van der Waals surface area contributed by atoms with E-state index in [2.05, 4.69) is 10.2 Å². The molecule has 2 heterocycles. The predicted molar refractivity (Wildman–Crippen MR) is 51.0 cm³/mol. The number of ether oxygens (including phenoxy) is 1. The summed E-state index contributed by atoms with van der Waals surface area (Å²) in [7, 11) is 0. The molecule has 5 heteroatoms. The average molecular weight is 206 g/mol. The Morgan fingerprint density at radius 2 is 2.20 bits per heavy atom. The molecule has 0 fully saturated rings. The van der Waals surface area contributed by atoms with Gasteiger partial charge in [0.15, 0.2) is 0 Å². The highest BCUT2D eigenvalue weighted by Crippen LogP contribution is 2.08. The van der Waals surface area contributed by atoms with Gasteiger partial charge >= 0.3 is 0 Å². The molecule has 0 aliphatic carbocycles. The number of hydrogen-bond donors (Lipinski definition) is 1. The van der Waals surface area contributed by atoms with E-state index in [1.807, 2.05) is 6.07 Å². The molecular formula is C10H10N2O3. The fourth-order valence-electron chi connectivity index (χ4n) is 1.05. The Balaban J connectivity index is 1.93. The second-order valence-corrected chi connectivity index (χ2v) is 2.89. The monoisotopic (exact) mass is 206 g/mol. The summed E-state index contributed by atoms with van der Waals surface area (Å²) in [6.45, 7) is 0.200. The lowest BCUT2D eigenvalue weighted by Crippen LogP contribution is -1.99. The maximum absolute atomic E-state index is 8.75. The molecule has 2 rings (SSSR count). The van der Waals surface area contributed by atoms with Gasteiger partial charge in [-0.1, -0.05) is 0 Å². The van der Waals surface area contributed by atoms with E-state index in [4.69, 9.17) is 14.3 Å². The molecule has 0 spiro atoms. The van der Waals surface area contributed by atoms with Crippen molar-refractivity contribution in [3.05, 3.63) is 42.0 Å². The van der Waals surface area contributed by atoms with Crippen LogP contribution in [0.25, 0.3) is 0 Å². The van der Waals surface area contributed by atoms with Crippen LogP contribution in [0.4, 0.5) is 0 Å². The van der Waals surface area contributed by atoms with Crippen molar-refractivity contribution in [3.63, 3.8) is 0 Å². The first-order valence-electron chi connectivity index (χ1n) is 4.47. The summed E-state index contributed by atoms with van der Waals surface area (Å²) in [6.07, 6.45) is 1.58. The number of furan rings is 1. The van der Waals surface area contributed by atoms with Gasteiger partial charge in [0.2, 0.25) is 5.88 Å². The van der Waals surface area contributed by atoms with Gasteiger partial charge in [0.05, 0.1) is 18.6 Å². The molecule has 78 valence electrons. The van der Waals surface area contributed by atoms with Crippen LogP contribution in [0.2, 0.25) is 0 Å². The van der Waals surface area contributed by atoms with Crippen LogP contribution in [0.1, 0.15) is 11.5 Å². The standard InChI is InChI=1S/C10H10N2O3/c13-6-8-3-4-10(12-11-8)15-7-9-2-1-5-14-9/h1-5,13H,6-7H2. The number of nitrogens with zero attached hydrogens (tertiary/aromatic N) is 2. The van der Waals surface area contributed by atoms with Gasteiger partial charge in [0.1, 0.15) is 12.4 Å². The zero-order valence-corrected chi connectivity index (χ0v) is 7.96. The SMILES string of the molecule is OCc1ccc(OCc2ccco2)nn1. The van der Waals surface area contributed by atoms with Gasteiger partial charge in [0, 0.05) is 6.07 Å². The Hall–Kier alpha value is -1.88. The van der Waals surface area contributed by atoms with Gasteiger partial charge in [-0.2, -0.15) is 0 Å². The van der Waals surface area contributed by atoms with Gasteiger partial charge in [-0.25, -0.2) is 0 Å². The molecule has 0 aromatic carbocycles. The third-order valence-corrected chi connectivity index (χ3v) is 1.80. The highest BCUT2D eigenvalue weighted by Gasteiger charge is 2.00. The van der Waals surface area contributed by atoms with Crippen LogP contribution in [-0.4, -0.2) is 15.3 Å². The minimum absolute atomic E-state index is 0.120. The molecule has 5 nitrogen and oxygen atoms in total. The third kappa shape index (κ3) is 2.54. The maximum atomic E-state index is 8.75. The van der Waals surface area contributed by atoms with Crippen molar-refractivity contribution in [2.75, 3.05) is 0 Å². The molecular weight excluding hydrogens is 196 g/mol. The molecule has 0 aliphatic heterocycles. The van der Waals surface area contributed by atoms with E-state index in [1.54, 1.807) is 24.5 Å². The molecule has 1 N–H and O–H groups in total. The highest BCUT2D eigenvalue weighted by atomic mass is 16.5. The van der Waals surface area contributed by atoms with Gasteiger partial charge < -0.3 is 14.3 Å². The summed E-state index contributed by atoms with van der Waals surface area (Å²) in [4.78, 5) is 0. The van der Waals surface area contributed by atoms with Crippen molar-refractivity contribution in [1.82, 2.24) is 10.2 Å². The first kappa shape index (κ1) is 9.67. The third-order valence-electron chi connectivity index (χ3n) is 1.80. The Morgan fingerprint density at radius 1 is 1.27 bits per heavy atom. The quantitative estimate of drug-likeness (QED) is 0.812. The van der Waals surface area contributed by atoms with Crippen LogP contribution in [0.15, 0.2) is 34.9 Å². The topological polar surface area (TPSA) is 68.4 Å². The molecule has 0 saturated carbocycles. The first-order valence-corrected chi connectivity index (χ1v) is 4.47. The average Bonchev–Trinajstić information content (AvgIpc) is 2.80. The maximum Gasteiger partial charge on any atom is 0.233 e. The second kappa shape index (κ2) is 4.56. The lowest BCUT2D eigenvalue weighted by Gasteiger charge is -2.02. The van der Waals surface area contributed by atoms with Crippen molar-refractivity contribution in [1.29, 1.82) is 0 Å². The molecule has 0 radical (unpaired) electrons. The summed E-state index contributed by atoms with van der Waals surface area (Å²) < 4.78 is 10.4. The van der Waals surface area contributed by atoms with Crippen LogP contribution in [0.3, 0.4) is 0 Å². The minimum Gasteiger partial charge on any atom is -0.468 e. The van der Waals surface area contributed by atoms with E-state index >= 15 is 0 Å². The van der Waals surface area contributed by atoms with Crippen LogP contribution in [0, 0.1) is 0 Å². The number of aliphatic hydroxyl groups excluding tert-OH is 1. The summed E-state index contributed by atoms with van der Waals surface area (Å²) >= 11 is 0.